The number of aliphatic hydroxyl groups is 1. The van der Waals surface area contributed by atoms with Crippen LogP contribution in [0, 0.1) is 5.92 Å². The van der Waals surface area contributed by atoms with Gasteiger partial charge in [-0.25, -0.2) is 0 Å². The molecule has 0 aromatic rings. The molecule has 0 aromatic carbocycles. The Balaban J connectivity index is 1.80. The average Bonchev–Trinajstić information content (AvgIpc) is 2.33. The highest BCUT2D eigenvalue weighted by Crippen LogP contribution is 2.25. The molecule has 0 heterocycles. The van der Waals surface area contributed by atoms with Crippen LogP contribution in [-0.4, -0.2) is 23.2 Å². The Morgan fingerprint density at radius 1 is 0.938 bits per heavy atom. The number of hydrogen-bond acceptors (Lipinski definition) is 2. The van der Waals surface area contributed by atoms with Crippen LogP contribution in [0.2, 0.25) is 0 Å². The van der Waals surface area contributed by atoms with Gasteiger partial charge in [0.25, 0.3) is 0 Å². The third-order valence-electron chi connectivity index (χ3n) is 4.03. The van der Waals surface area contributed by atoms with Gasteiger partial charge in [-0.3, -0.25) is 4.79 Å². The molecule has 92 valence electrons. The summed E-state index contributed by atoms with van der Waals surface area (Å²) in [4.78, 5) is 12.0. The summed E-state index contributed by atoms with van der Waals surface area (Å²) in [6.45, 7) is 0. The van der Waals surface area contributed by atoms with E-state index in [1.807, 2.05) is 0 Å². The summed E-state index contributed by atoms with van der Waals surface area (Å²) in [6.07, 6.45) is 9.41. The predicted molar refractivity (Wildman–Crippen MR) is 63.0 cm³/mol. The summed E-state index contributed by atoms with van der Waals surface area (Å²) >= 11 is 0. The lowest BCUT2D eigenvalue weighted by molar-refractivity contribution is -0.127. The van der Waals surface area contributed by atoms with Crippen LogP contribution in [0.4, 0.5) is 0 Å². The molecule has 0 aliphatic heterocycles. The molecular weight excluding hydrogens is 202 g/mol. The van der Waals surface area contributed by atoms with E-state index in [1.165, 1.54) is 19.3 Å². The van der Waals surface area contributed by atoms with E-state index in [2.05, 4.69) is 5.32 Å². The molecule has 0 radical (unpaired) electrons. The first kappa shape index (κ1) is 11.9. The second kappa shape index (κ2) is 5.67. The topological polar surface area (TPSA) is 49.3 Å². The maximum Gasteiger partial charge on any atom is 0.223 e. The second-order valence-electron chi connectivity index (χ2n) is 5.30. The Labute approximate surface area is 97.6 Å². The molecule has 2 N–H and O–H groups in total. The lowest BCUT2D eigenvalue weighted by atomic mass is 9.87. The largest absolute Gasteiger partial charge is 0.391 e. The number of carbonyl (C=O) groups excluding carboxylic acids is 1. The van der Waals surface area contributed by atoms with Crippen molar-refractivity contribution in [2.45, 2.75) is 69.9 Å². The van der Waals surface area contributed by atoms with Crippen molar-refractivity contribution in [1.29, 1.82) is 0 Å². The highest BCUT2D eigenvalue weighted by Gasteiger charge is 2.28. The summed E-state index contributed by atoms with van der Waals surface area (Å²) in [5.41, 5.74) is 0. The zero-order valence-corrected chi connectivity index (χ0v) is 9.95. The minimum atomic E-state index is -0.318. The maximum absolute atomic E-state index is 12.0. The molecule has 2 aliphatic rings. The van der Waals surface area contributed by atoms with Gasteiger partial charge in [0, 0.05) is 5.92 Å². The normalized spacial score (nSPS) is 32.3. The Kier molecular flexibility index (Phi) is 4.22. The van der Waals surface area contributed by atoms with Gasteiger partial charge in [0.2, 0.25) is 5.91 Å². The Morgan fingerprint density at radius 2 is 1.56 bits per heavy atom. The summed E-state index contributed by atoms with van der Waals surface area (Å²) in [5, 5.41) is 12.9. The lowest BCUT2D eigenvalue weighted by Crippen LogP contribution is -2.47. The number of amides is 1. The number of rotatable bonds is 2. The quantitative estimate of drug-likeness (QED) is 0.755. The molecule has 0 saturated heterocycles. The molecule has 2 saturated carbocycles. The van der Waals surface area contributed by atoms with Crippen LogP contribution in [0.25, 0.3) is 0 Å². The van der Waals surface area contributed by atoms with Crippen LogP contribution in [0.15, 0.2) is 0 Å². The number of hydrogen-bond donors (Lipinski definition) is 2. The van der Waals surface area contributed by atoms with Gasteiger partial charge in [-0.2, -0.15) is 0 Å². The van der Waals surface area contributed by atoms with Crippen molar-refractivity contribution in [2.75, 3.05) is 0 Å². The zero-order valence-electron chi connectivity index (χ0n) is 9.95. The van der Waals surface area contributed by atoms with Crippen molar-refractivity contribution in [2.24, 2.45) is 5.92 Å². The van der Waals surface area contributed by atoms with E-state index in [1.54, 1.807) is 0 Å². The molecule has 0 unspecified atom stereocenters. The van der Waals surface area contributed by atoms with E-state index in [4.69, 9.17) is 0 Å². The SMILES string of the molecule is O=C(N[C@@H]1CCCC[C@H]1O)C1CCCCC1. The standard InChI is InChI=1S/C13H23NO2/c15-12-9-5-4-8-11(12)14-13(16)10-6-2-1-3-7-10/h10-12,15H,1-9H2,(H,14,16)/t11-,12-/m1/s1. The van der Waals surface area contributed by atoms with Gasteiger partial charge < -0.3 is 10.4 Å². The van der Waals surface area contributed by atoms with Crippen LogP contribution in [0.1, 0.15) is 57.8 Å². The first-order chi connectivity index (χ1) is 7.77. The smallest absolute Gasteiger partial charge is 0.223 e. The molecular formula is C13H23NO2. The number of carbonyl (C=O) groups is 1. The first-order valence-electron chi connectivity index (χ1n) is 6.76. The van der Waals surface area contributed by atoms with E-state index in [-0.39, 0.29) is 24.0 Å². The van der Waals surface area contributed by atoms with E-state index >= 15 is 0 Å². The molecule has 1 amide bonds. The van der Waals surface area contributed by atoms with Crippen LogP contribution < -0.4 is 5.32 Å². The lowest BCUT2D eigenvalue weighted by Gasteiger charge is -2.30. The number of nitrogens with one attached hydrogen (secondary N) is 1. The van der Waals surface area contributed by atoms with Gasteiger partial charge in [-0.1, -0.05) is 32.1 Å². The maximum atomic E-state index is 12.0. The van der Waals surface area contributed by atoms with E-state index in [0.29, 0.717) is 0 Å². The highest BCUT2D eigenvalue weighted by molar-refractivity contribution is 5.79. The number of aliphatic hydroxyl groups excluding tert-OH is 1. The fraction of sp³-hybridized carbons (Fsp3) is 0.923. The fourth-order valence-electron chi connectivity index (χ4n) is 2.95. The Bertz CT molecular complexity index is 236. The molecule has 2 aliphatic carbocycles. The van der Waals surface area contributed by atoms with Crippen molar-refractivity contribution in [3.05, 3.63) is 0 Å². The van der Waals surface area contributed by atoms with E-state index in [0.717, 1.165) is 38.5 Å². The van der Waals surface area contributed by atoms with Gasteiger partial charge in [0.1, 0.15) is 0 Å². The van der Waals surface area contributed by atoms with Crippen LogP contribution in [-0.2, 0) is 4.79 Å². The van der Waals surface area contributed by atoms with Gasteiger partial charge in [0.15, 0.2) is 0 Å². The van der Waals surface area contributed by atoms with Crippen LogP contribution in [0.5, 0.6) is 0 Å². The Hall–Kier alpha value is -0.570. The van der Waals surface area contributed by atoms with E-state index in [9.17, 15) is 9.90 Å². The van der Waals surface area contributed by atoms with Gasteiger partial charge in [-0.15, -0.1) is 0 Å². The van der Waals surface area contributed by atoms with Crippen molar-refractivity contribution in [3.8, 4) is 0 Å². The molecule has 3 heteroatoms. The average molecular weight is 225 g/mol. The van der Waals surface area contributed by atoms with Crippen molar-refractivity contribution < 1.29 is 9.90 Å². The van der Waals surface area contributed by atoms with Crippen molar-refractivity contribution in [1.82, 2.24) is 5.32 Å². The molecule has 0 spiro atoms. The van der Waals surface area contributed by atoms with Gasteiger partial charge >= 0.3 is 0 Å². The van der Waals surface area contributed by atoms with Gasteiger partial charge in [-0.05, 0) is 25.7 Å². The molecule has 0 bridgehead atoms. The highest BCUT2D eigenvalue weighted by atomic mass is 16.3. The second-order valence-corrected chi connectivity index (χ2v) is 5.30. The van der Waals surface area contributed by atoms with Crippen LogP contribution in [0.3, 0.4) is 0 Å². The van der Waals surface area contributed by atoms with Gasteiger partial charge in [0.05, 0.1) is 12.1 Å². The molecule has 2 rings (SSSR count). The third kappa shape index (κ3) is 2.97. The summed E-state index contributed by atoms with van der Waals surface area (Å²) in [6, 6.07) is 0.0168. The first-order valence-corrected chi connectivity index (χ1v) is 6.76. The molecule has 3 nitrogen and oxygen atoms in total. The summed E-state index contributed by atoms with van der Waals surface area (Å²) in [7, 11) is 0. The monoisotopic (exact) mass is 225 g/mol. The molecule has 16 heavy (non-hydrogen) atoms. The Morgan fingerprint density at radius 3 is 2.25 bits per heavy atom. The summed E-state index contributed by atoms with van der Waals surface area (Å²) < 4.78 is 0. The minimum Gasteiger partial charge on any atom is -0.391 e. The minimum absolute atomic E-state index is 0.0168. The molecule has 2 fully saturated rings. The fourth-order valence-corrected chi connectivity index (χ4v) is 2.95. The predicted octanol–water partition coefficient (Wildman–Crippen LogP) is 1.99. The zero-order chi connectivity index (χ0) is 11.4. The van der Waals surface area contributed by atoms with E-state index < -0.39 is 0 Å². The van der Waals surface area contributed by atoms with Crippen molar-refractivity contribution in [3.63, 3.8) is 0 Å². The molecule has 0 aromatic heterocycles. The van der Waals surface area contributed by atoms with Crippen molar-refractivity contribution >= 4 is 5.91 Å². The summed E-state index contributed by atoms with van der Waals surface area (Å²) in [5.74, 6) is 0.397. The molecule has 2 atom stereocenters. The van der Waals surface area contributed by atoms with Crippen LogP contribution >= 0.6 is 0 Å². The third-order valence-corrected chi connectivity index (χ3v) is 4.03.